The zero-order valence-corrected chi connectivity index (χ0v) is 15.3. The normalized spacial score (nSPS) is 11.5. The molecule has 0 amide bonds. The van der Waals surface area contributed by atoms with E-state index in [-0.39, 0.29) is 0 Å². The Morgan fingerprint density at radius 1 is 0.957 bits per heavy atom. The van der Waals surface area contributed by atoms with Gasteiger partial charge in [-0.05, 0) is 44.5 Å². The van der Waals surface area contributed by atoms with Crippen LogP contribution in [-0.2, 0) is 6.18 Å². The van der Waals surface area contributed by atoms with Gasteiger partial charge in [0, 0.05) is 15.3 Å². The number of rotatable bonds is 1. The summed E-state index contributed by atoms with van der Waals surface area (Å²) in [7, 11) is 0. The van der Waals surface area contributed by atoms with E-state index in [0.717, 1.165) is 37.8 Å². The summed E-state index contributed by atoms with van der Waals surface area (Å²) in [5, 5.41) is 0.795. The van der Waals surface area contributed by atoms with Crippen molar-refractivity contribution in [1.29, 1.82) is 0 Å². The number of hydrogen-bond acceptors (Lipinski definition) is 3. The number of aromatic nitrogens is 1. The van der Waals surface area contributed by atoms with Crippen molar-refractivity contribution in [2.75, 3.05) is 0 Å². The predicted molar refractivity (Wildman–Crippen MR) is 93.5 cm³/mol. The molecule has 3 rings (SSSR count). The third-order valence-electron chi connectivity index (χ3n) is 3.49. The lowest BCUT2D eigenvalue weighted by Gasteiger charge is -2.04. The van der Waals surface area contributed by atoms with Gasteiger partial charge in [0.05, 0.1) is 15.8 Å². The maximum absolute atomic E-state index is 12.8. The summed E-state index contributed by atoms with van der Waals surface area (Å²) in [6, 6.07) is 3.74. The average Bonchev–Trinajstić information content (AvgIpc) is 3.00. The van der Waals surface area contributed by atoms with E-state index in [2.05, 4.69) is 4.98 Å². The molecule has 3 aromatic rings. The molecule has 0 N–H and O–H groups in total. The quantitative estimate of drug-likeness (QED) is 0.457. The van der Waals surface area contributed by atoms with E-state index >= 15 is 0 Å². The predicted octanol–water partition coefficient (Wildman–Crippen LogP) is 7.00. The van der Waals surface area contributed by atoms with Crippen molar-refractivity contribution in [1.82, 2.24) is 4.98 Å². The molecule has 0 aliphatic carbocycles. The largest absolute Gasteiger partial charge is 0.416 e. The van der Waals surface area contributed by atoms with Gasteiger partial charge in [-0.25, -0.2) is 4.98 Å². The van der Waals surface area contributed by atoms with Gasteiger partial charge < -0.3 is 0 Å². The molecule has 23 heavy (non-hydrogen) atoms. The minimum Gasteiger partial charge on any atom is -0.236 e. The third-order valence-corrected chi connectivity index (χ3v) is 5.67. The van der Waals surface area contributed by atoms with Crippen LogP contribution in [0.5, 0.6) is 0 Å². The van der Waals surface area contributed by atoms with Gasteiger partial charge in [-0.1, -0.05) is 13.8 Å². The summed E-state index contributed by atoms with van der Waals surface area (Å²) in [6.45, 7) is 10.1. The van der Waals surface area contributed by atoms with Crippen LogP contribution in [0.3, 0.4) is 0 Å². The van der Waals surface area contributed by atoms with E-state index in [0.29, 0.717) is 5.52 Å². The van der Waals surface area contributed by atoms with Gasteiger partial charge >= 0.3 is 6.18 Å². The minimum atomic E-state index is -4.33. The van der Waals surface area contributed by atoms with Crippen LogP contribution < -0.4 is 0 Å². The Bertz CT molecular complexity index is 828. The second-order valence-electron chi connectivity index (χ2n) is 4.91. The van der Waals surface area contributed by atoms with Crippen LogP contribution in [0.15, 0.2) is 18.2 Å². The molecule has 0 saturated heterocycles. The zero-order valence-electron chi connectivity index (χ0n) is 13.6. The van der Waals surface area contributed by atoms with Gasteiger partial charge in [-0.15, -0.1) is 22.7 Å². The maximum atomic E-state index is 12.8. The first-order chi connectivity index (χ1) is 10.8. The number of alkyl halides is 3. The Kier molecular flexibility index (Phi) is 5.16. The van der Waals surface area contributed by atoms with Crippen molar-refractivity contribution >= 4 is 32.9 Å². The van der Waals surface area contributed by atoms with Crippen molar-refractivity contribution in [2.45, 2.75) is 40.8 Å². The topological polar surface area (TPSA) is 12.9 Å². The molecule has 2 heterocycles. The van der Waals surface area contributed by atoms with Gasteiger partial charge in [-0.2, -0.15) is 13.2 Å². The van der Waals surface area contributed by atoms with E-state index in [4.69, 9.17) is 0 Å². The fraction of sp³-hybridized carbons (Fsp3) is 0.353. The molecule has 0 atom stereocenters. The summed E-state index contributed by atoms with van der Waals surface area (Å²) in [6.07, 6.45) is -4.33. The number of benzene rings is 1. The highest BCUT2D eigenvalue weighted by Gasteiger charge is 2.31. The first kappa shape index (κ1) is 17.9. The fourth-order valence-corrected chi connectivity index (χ4v) is 4.56. The molecule has 0 aliphatic heterocycles. The van der Waals surface area contributed by atoms with Gasteiger partial charge in [0.1, 0.15) is 5.01 Å². The number of halogens is 3. The van der Waals surface area contributed by atoms with Crippen LogP contribution in [0.1, 0.15) is 34.7 Å². The van der Waals surface area contributed by atoms with E-state index in [9.17, 15) is 13.2 Å². The number of thiophene rings is 1. The van der Waals surface area contributed by atoms with Crippen molar-refractivity contribution in [2.24, 2.45) is 0 Å². The smallest absolute Gasteiger partial charge is 0.236 e. The summed E-state index contributed by atoms with van der Waals surface area (Å²) >= 11 is 3.13. The fourth-order valence-electron chi connectivity index (χ4n) is 2.32. The third kappa shape index (κ3) is 3.43. The average molecular weight is 357 g/mol. The Hall–Kier alpha value is -1.40. The van der Waals surface area contributed by atoms with Crippen LogP contribution in [0.4, 0.5) is 13.2 Å². The van der Waals surface area contributed by atoms with Gasteiger partial charge in [-0.3, -0.25) is 0 Å². The van der Waals surface area contributed by atoms with Crippen molar-refractivity contribution < 1.29 is 13.2 Å². The summed E-state index contributed by atoms with van der Waals surface area (Å²) in [5.74, 6) is 0. The number of aryl methyl sites for hydroxylation is 2. The lowest BCUT2D eigenvalue weighted by Crippen LogP contribution is -2.03. The molecule has 0 fully saturated rings. The van der Waals surface area contributed by atoms with E-state index in [1.54, 1.807) is 11.3 Å². The number of fused-ring (bicyclic) bond motifs is 1. The van der Waals surface area contributed by atoms with E-state index in [1.807, 2.05) is 34.6 Å². The SMILES string of the molecule is CC.Cc1sc(C)c(-c2nc3cc(C(F)(F)F)ccc3s2)c1C. The van der Waals surface area contributed by atoms with Crippen LogP contribution >= 0.6 is 22.7 Å². The molecule has 0 saturated carbocycles. The highest BCUT2D eigenvalue weighted by molar-refractivity contribution is 7.22. The molecule has 0 spiro atoms. The second kappa shape index (κ2) is 6.61. The lowest BCUT2D eigenvalue weighted by atomic mass is 10.1. The standard InChI is InChI=1S/C15H12F3NS2.C2H6/c1-7-8(2)20-9(3)13(7)14-19-11-6-10(15(16,17)18)4-5-12(11)21-14;1-2/h4-6H,1-3H3;1-2H3. The Labute approximate surface area is 141 Å². The molecule has 0 unspecified atom stereocenters. The molecule has 1 aromatic carbocycles. The Morgan fingerprint density at radius 3 is 2.13 bits per heavy atom. The molecule has 0 radical (unpaired) electrons. The molecule has 2 aromatic heterocycles. The van der Waals surface area contributed by atoms with Crippen molar-refractivity contribution in [3.05, 3.63) is 39.1 Å². The molecule has 6 heteroatoms. The second-order valence-corrected chi connectivity index (χ2v) is 7.37. The minimum absolute atomic E-state index is 0.410. The first-order valence-electron chi connectivity index (χ1n) is 7.32. The Balaban J connectivity index is 0.000000924. The summed E-state index contributed by atoms with van der Waals surface area (Å²) in [4.78, 5) is 6.79. The van der Waals surface area contributed by atoms with Crippen LogP contribution in [0.25, 0.3) is 20.8 Å². The first-order valence-corrected chi connectivity index (χ1v) is 8.95. The maximum Gasteiger partial charge on any atom is 0.416 e. The monoisotopic (exact) mass is 357 g/mol. The molecule has 0 bridgehead atoms. The van der Waals surface area contributed by atoms with Crippen LogP contribution in [0, 0.1) is 20.8 Å². The molecule has 0 aliphatic rings. The molecular formula is C17H18F3NS2. The molecular weight excluding hydrogens is 339 g/mol. The molecule has 124 valence electrons. The number of nitrogens with zero attached hydrogens (tertiary/aromatic N) is 1. The number of thiazole rings is 1. The number of hydrogen-bond donors (Lipinski definition) is 0. The highest BCUT2D eigenvalue weighted by Crippen LogP contribution is 2.40. The van der Waals surface area contributed by atoms with Crippen molar-refractivity contribution in [3.8, 4) is 10.6 Å². The Morgan fingerprint density at radius 2 is 1.61 bits per heavy atom. The van der Waals surface area contributed by atoms with Crippen LogP contribution in [-0.4, -0.2) is 4.98 Å². The molecule has 1 nitrogen and oxygen atoms in total. The van der Waals surface area contributed by atoms with Gasteiger partial charge in [0.25, 0.3) is 0 Å². The summed E-state index contributed by atoms with van der Waals surface area (Å²) < 4.78 is 39.0. The van der Waals surface area contributed by atoms with Gasteiger partial charge in [0.15, 0.2) is 0 Å². The highest BCUT2D eigenvalue weighted by atomic mass is 32.1. The van der Waals surface area contributed by atoms with E-state index in [1.165, 1.54) is 22.3 Å². The van der Waals surface area contributed by atoms with Crippen molar-refractivity contribution in [3.63, 3.8) is 0 Å². The summed E-state index contributed by atoms with van der Waals surface area (Å²) in [5.41, 5.74) is 1.98. The van der Waals surface area contributed by atoms with Gasteiger partial charge in [0.2, 0.25) is 0 Å². The van der Waals surface area contributed by atoms with Crippen LogP contribution in [0.2, 0.25) is 0 Å². The zero-order chi connectivity index (χ0) is 17.4. The lowest BCUT2D eigenvalue weighted by molar-refractivity contribution is -0.137. The van der Waals surface area contributed by atoms with E-state index < -0.39 is 11.7 Å².